The molecule has 146 valence electrons. The molecule has 0 radical (unpaired) electrons. The summed E-state index contributed by atoms with van der Waals surface area (Å²) in [4.78, 5) is 1.94. The molecule has 2 aromatic carbocycles. The van der Waals surface area contributed by atoms with Gasteiger partial charge in [-0.1, -0.05) is 6.08 Å². The van der Waals surface area contributed by atoms with E-state index in [-0.39, 0.29) is 16.4 Å². The Hall–Kier alpha value is -2.52. The zero-order valence-electron chi connectivity index (χ0n) is 14.6. The van der Waals surface area contributed by atoms with Crippen LogP contribution in [0.4, 0.5) is 13.2 Å². The maximum Gasteiger partial charge on any atom is 0.573 e. The molecule has 0 aliphatic rings. The van der Waals surface area contributed by atoms with Gasteiger partial charge in [-0.2, -0.15) is 0 Å². The van der Waals surface area contributed by atoms with Crippen LogP contribution in [0.5, 0.6) is 17.2 Å². The van der Waals surface area contributed by atoms with Crippen molar-refractivity contribution >= 4 is 9.84 Å². The Bertz CT molecular complexity index is 874. The van der Waals surface area contributed by atoms with Gasteiger partial charge in [0.05, 0.1) is 4.90 Å². The molecule has 9 heteroatoms. The lowest BCUT2D eigenvalue weighted by molar-refractivity contribution is -0.274. The van der Waals surface area contributed by atoms with Crippen molar-refractivity contribution < 1.29 is 31.1 Å². The van der Waals surface area contributed by atoms with Crippen LogP contribution in [-0.4, -0.2) is 40.3 Å². The van der Waals surface area contributed by atoms with E-state index < -0.39 is 16.2 Å². The van der Waals surface area contributed by atoms with Gasteiger partial charge in [0, 0.05) is 12.0 Å². The van der Waals surface area contributed by atoms with Gasteiger partial charge in [0.2, 0.25) is 0 Å². The first-order chi connectivity index (χ1) is 12.5. The summed E-state index contributed by atoms with van der Waals surface area (Å²) in [7, 11) is 0.0942. The third kappa shape index (κ3) is 6.95. The van der Waals surface area contributed by atoms with Gasteiger partial charge in [-0.25, -0.2) is 8.42 Å². The average Bonchev–Trinajstić information content (AvgIpc) is 2.55. The number of nitrogens with zero attached hydrogens (tertiary/aromatic N) is 1. The van der Waals surface area contributed by atoms with Gasteiger partial charge in [0.1, 0.15) is 17.2 Å². The van der Waals surface area contributed by atoms with Gasteiger partial charge in [0.25, 0.3) is 0 Å². The predicted molar refractivity (Wildman–Crippen MR) is 94.5 cm³/mol. The topological polar surface area (TPSA) is 55.8 Å². The Morgan fingerprint density at radius 2 is 1.41 bits per heavy atom. The maximum absolute atomic E-state index is 12.2. The van der Waals surface area contributed by atoms with E-state index in [9.17, 15) is 21.6 Å². The Balaban J connectivity index is 2.04. The summed E-state index contributed by atoms with van der Waals surface area (Å²) in [6, 6.07) is 10.6. The quantitative estimate of drug-likeness (QED) is 0.695. The molecule has 0 saturated heterocycles. The first-order valence-electron chi connectivity index (χ1n) is 7.75. The Morgan fingerprint density at radius 3 is 1.89 bits per heavy atom. The number of ether oxygens (including phenoxy) is 2. The molecule has 0 amide bonds. The molecule has 2 rings (SSSR count). The summed E-state index contributed by atoms with van der Waals surface area (Å²) in [6.07, 6.45) is -3.21. The van der Waals surface area contributed by atoms with E-state index in [1.807, 2.05) is 19.0 Å². The highest BCUT2D eigenvalue weighted by molar-refractivity contribution is 7.94. The van der Waals surface area contributed by atoms with Crippen LogP contribution in [0.15, 0.2) is 64.9 Å². The summed E-state index contributed by atoms with van der Waals surface area (Å²) >= 11 is 0. The lowest BCUT2D eigenvalue weighted by atomic mass is 10.3. The molecule has 0 bridgehead atoms. The highest BCUT2D eigenvalue weighted by Crippen LogP contribution is 2.28. The molecule has 0 aromatic heterocycles. The molecule has 27 heavy (non-hydrogen) atoms. The molecule has 0 heterocycles. The molecule has 0 N–H and O–H groups in total. The molecule has 2 aromatic rings. The standard InChI is InChI=1S/C18H18F3NO4S/c1-22(2)12-3-13-27(23,24)17-10-8-15(9-11-17)25-14-4-6-16(7-5-14)26-18(19,20)21/h3-11,13H,12H2,1-2H3/b13-3+. The second kappa shape index (κ2) is 8.45. The number of halogens is 3. The Labute approximate surface area is 155 Å². The van der Waals surface area contributed by atoms with Gasteiger partial charge >= 0.3 is 6.36 Å². The molecule has 0 fully saturated rings. The summed E-state index contributed by atoms with van der Waals surface area (Å²) in [5, 5.41) is 1.14. The van der Waals surface area contributed by atoms with E-state index in [0.29, 0.717) is 12.3 Å². The van der Waals surface area contributed by atoms with Crippen molar-refractivity contribution in [1.29, 1.82) is 0 Å². The van der Waals surface area contributed by atoms with Crippen molar-refractivity contribution in [2.75, 3.05) is 20.6 Å². The van der Waals surface area contributed by atoms with E-state index in [2.05, 4.69) is 4.74 Å². The Kier molecular flexibility index (Phi) is 6.50. The minimum absolute atomic E-state index is 0.110. The molecular formula is C18H18F3NO4S. The van der Waals surface area contributed by atoms with E-state index >= 15 is 0 Å². The minimum Gasteiger partial charge on any atom is -0.457 e. The fraction of sp³-hybridized carbons (Fsp3) is 0.222. The largest absolute Gasteiger partial charge is 0.573 e. The van der Waals surface area contributed by atoms with Crippen LogP contribution in [-0.2, 0) is 9.84 Å². The highest BCUT2D eigenvalue weighted by Gasteiger charge is 2.30. The minimum atomic E-state index is -4.76. The lowest BCUT2D eigenvalue weighted by Crippen LogP contribution is -2.16. The van der Waals surface area contributed by atoms with Crippen LogP contribution in [0, 0.1) is 0 Å². The van der Waals surface area contributed by atoms with Crippen molar-refractivity contribution in [3.8, 4) is 17.2 Å². The third-order valence-electron chi connectivity index (χ3n) is 3.19. The first kappa shape index (κ1) is 20.8. The van der Waals surface area contributed by atoms with Crippen molar-refractivity contribution in [2.45, 2.75) is 11.3 Å². The van der Waals surface area contributed by atoms with Gasteiger partial charge in [-0.3, -0.25) is 0 Å². The molecule has 0 unspecified atom stereocenters. The number of rotatable bonds is 7. The van der Waals surface area contributed by atoms with E-state index in [1.54, 1.807) is 6.08 Å². The molecule has 5 nitrogen and oxygen atoms in total. The number of hydrogen-bond acceptors (Lipinski definition) is 5. The zero-order chi connectivity index (χ0) is 20.1. The van der Waals surface area contributed by atoms with Crippen LogP contribution in [0.1, 0.15) is 0 Å². The second-order valence-corrected chi connectivity index (χ2v) is 7.61. The molecule has 0 saturated carbocycles. The second-order valence-electron chi connectivity index (χ2n) is 5.77. The SMILES string of the molecule is CN(C)C/C=C/S(=O)(=O)c1ccc(Oc2ccc(OC(F)(F)F)cc2)cc1. The van der Waals surface area contributed by atoms with Crippen LogP contribution in [0.3, 0.4) is 0 Å². The average molecular weight is 401 g/mol. The number of benzene rings is 2. The summed E-state index contributed by atoms with van der Waals surface area (Å²) in [6.45, 7) is 0.495. The number of likely N-dealkylation sites (N-methyl/N-ethyl adjacent to an activating group) is 1. The van der Waals surface area contributed by atoms with E-state index in [0.717, 1.165) is 17.5 Å². The molecular weight excluding hydrogens is 383 g/mol. The molecule has 0 aliphatic heterocycles. The first-order valence-corrected chi connectivity index (χ1v) is 9.30. The zero-order valence-corrected chi connectivity index (χ0v) is 15.4. The van der Waals surface area contributed by atoms with Crippen LogP contribution in [0.2, 0.25) is 0 Å². The number of sulfone groups is 1. The summed E-state index contributed by atoms with van der Waals surface area (Å²) in [5.74, 6) is 0.266. The predicted octanol–water partition coefficient (Wildman–Crippen LogP) is 4.23. The number of alkyl halides is 3. The van der Waals surface area contributed by atoms with Crippen molar-refractivity contribution in [3.63, 3.8) is 0 Å². The van der Waals surface area contributed by atoms with Gasteiger partial charge < -0.3 is 14.4 Å². The smallest absolute Gasteiger partial charge is 0.457 e. The summed E-state index contributed by atoms with van der Waals surface area (Å²) < 4.78 is 70.0. The van der Waals surface area contributed by atoms with Crippen molar-refractivity contribution in [2.24, 2.45) is 0 Å². The fourth-order valence-corrected chi connectivity index (χ4v) is 3.01. The van der Waals surface area contributed by atoms with Gasteiger partial charge in [-0.15, -0.1) is 13.2 Å². The fourth-order valence-electron chi connectivity index (χ4n) is 2.00. The van der Waals surface area contributed by atoms with Crippen LogP contribution < -0.4 is 9.47 Å². The molecule has 0 atom stereocenters. The van der Waals surface area contributed by atoms with Gasteiger partial charge in [0.15, 0.2) is 9.84 Å². The third-order valence-corrected chi connectivity index (χ3v) is 4.67. The highest BCUT2D eigenvalue weighted by atomic mass is 32.2. The molecule has 0 spiro atoms. The number of hydrogen-bond donors (Lipinski definition) is 0. The van der Waals surface area contributed by atoms with Crippen molar-refractivity contribution in [3.05, 3.63) is 60.0 Å². The summed E-state index contributed by atoms with van der Waals surface area (Å²) in [5.41, 5.74) is 0. The molecule has 0 aliphatic carbocycles. The normalized spacial score (nSPS) is 12.5. The van der Waals surface area contributed by atoms with Crippen molar-refractivity contribution in [1.82, 2.24) is 4.90 Å². The maximum atomic E-state index is 12.2. The monoisotopic (exact) mass is 401 g/mol. The van der Waals surface area contributed by atoms with E-state index in [4.69, 9.17) is 4.74 Å². The van der Waals surface area contributed by atoms with Crippen LogP contribution >= 0.6 is 0 Å². The van der Waals surface area contributed by atoms with Crippen LogP contribution in [0.25, 0.3) is 0 Å². The Morgan fingerprint density at radius 1 is 0.926 bits per heavy atom. The van der Waals surface area contributed by atoms with Gasteiger partial charge in [-0.05, 0) is 62.6 Å². The van der Waals surface area contributed by atoms with E-state index in [1.165, 1.54) is 36.4 Å². The lowest BCUT2D eigenvalue weighted by Gasteiger charge is -2.10.